The van der Waals surface area contributed by atoms with Gasteiger partial charge in [-0.25, -0.2) is 0 Å². The Bertz CT molecular complexity index is 95.0. The van der Waals surface area contributed by atoms with E-state index in [-0.39, 0.29) is 0 Å². The van der Waals surface area contributed by atoms with E-state index in [0.717, 1.165) is 12.0 Å². The molecule has 0 bridgehead atoms. The molecule has 0 saturated heterocycles. The van der Waals surface area contributed by atoms with Gasteiger partial charge < -0.3 is 5.32 Å². The van der Waals surface area contributed by atoms with Crippen LogP contribution in [0.25, 0.3) is 0 Å². The van der Waals surface area contributed by atoms with Crippen molar-refractivity contribution in [2.75, 3.05) is 6.54 Å². The summed E-state index contributed by atoms with van der Waals surface area (Å²) in [6.07, 6.45) is 6.90. The molecule has 0 aromatic rings. The largest absolute Gasteiger partial charge is 0.314 e. The topological polar surface area (TPSA) is 12.0 Å². The van der Waals surface area contributed by atoms with Crippen LogP contribution in [0, 0.1) is 5.92 Å². The third-order valence-corrected chi connectivity index (χ3v) is 2.59. The third kappa shape index (κ3) is 3.24. The highest BCUT2D eigenvalue weighted by atomic mass is 14.9. The SMILES string of the molecule is CCCCCNC1CC(C)C1. The standard InChI is InChI=1S/C10H21N/c1-3-4-5-6-11-10-7-9(2)8-10/h9-11H,3-8H2,1-2H3. The number of nitrogens with one attached hydrogen (secondary N) is 1. The minimum Gasteiger partial charge on any atom is -0.314 e. The Balaban J connectivity index is 1.81. The van der Waals surface area contributed by atoms with Crippen LogP contribution in [0.5, 0.6) is 0 Å². The highest BCUT2D eigenvalue weighted by Crippen LogP contribution is 2.25. The molecule has 66 valence electrons. The summed E-state index contributed by atoms with van der Waals surface area (Å²) in [5.74, 6) is 0.985. The van der Waals surface area contributed by atoms with Gasteiger partial charge in [-0.2, -0.15) is 0 Å². The second-order valence-electron chi connectivity index (χ2n) is 3.93. The molecular weight excluding hydrogens is 134 g/mol. The van der Waals surface area contributed by atoms with Crippen molar-refractivity contribution in [2.24, 2.45) is 5.92 Å². The molecule has 0 aromatic carbocycles. The van der Waals surface area contributed by atoms with Gasteiger partial charge in [0.25, 0.3) is 0 Å². The van der Waals surface area contributed by atoms with Crippen LogP contribution in [-0.4, -0.2) is 12.6 Å². The molecule has 1 nitrogen and oxygen atoms in total. The molecule has 11 heavy (non-hydrogen) atoms. The van der Waals surface area contributed by atoms with Crippen LogP contribution in [0.1, 0.15) is 46.0 Å². The lowest BCUT2D eigenvalue weighted by molar-refractivity contribution is 0.241. The molecule has 1 aliphatic rings. The van der Waals surface area contributed by atoms with E-state index in [1.807, 2.05) is 0 Å². The Morgan fingerprint density at radius 2 is 2.00 bits per heavy atom. The van der Waals surface area contributed by atoms with Crippen LogP contribution >= 0.6 is 0 Å². The smallest absolute Gasteiger partial charge is 0.00721 e. The number of unbranched alkanes of at least 4 members (excludes halogenated alkanes) is 2. The van der Waals surface area contributed by atoms with E-state index in [1.54, 1.807) is 0 Å². The van der Waals surface area contributed by atoms with Gasteiger partial charge in [-0.05, 0) is 31.7 Å². The quantitative estimate of drug-likeness (QED) is 0.602. The predicted molar refractivity (Wildman–Crippen MR) is 49.7 cm³/mol. The maximum absolute atomic E-state index is 3.58. The maximum Gasteiger partial charge on any atom is 0.00721 e. The van der Waals surface area contributed by atoms with Crippen molar-refractivity contribution in [1.29, 1.82) is 0 Å². The molecule has 1 rings (SSSR count). The van der Waals surface area contributed by atoms with Crippen molar-refractivity contribution >= 4 is 0 Å². The molecule has 0 atom stereocenters. The van der Waals surface area contributed by atoms with Crippen molar-refractivity contribution in [1.82, 2.24) is 5.32 Å². The Hall–Kier alpha value is -0.0400. The lowest BCUT2D eigenvalue weighted by atomic mass is 9.82. The first-order chi connectivity index (χ1) is 5.33. The highest BCUT2D eigenvalue weighted by Gasteiger charge is 2.23. The van der Waals surface area contributed by atoms with Gasteiger partial charge in [-0.3, -0.25) is 0 Å². The molecule has 0 amide bonds. The van der Waals surface area contributed by atoms with E-state index < -0.39 is 0 Å². The van der Waals surface area contributed by atoms with E-state index in [9.17, 15) is 0 Å². The maximum atomic E-state index is 3.58. The summed E-state index contributed by atoms with van der Waals surface area (Å²) in [6.45, 7) is 5.83. The van der Waals surface area contributed by atoms with E-state index in [0.29, 0.717) is 0 Å². The Morgan fingerprint density at radius 1 is 1.27 bits per heavy atom. The average molecular weight is 155 g/mol. The fourth-order valence-corrected chi connectivity index (χ4v) is 1.75. The molecule has 1 heteroatoms. The van der Waals surface area contributed by atoms with Crippen LogP contribution in [0.2, 0.25) is 0 Å². The van der Waals surface area contributed by atoms with E-state index in [4.69, 9.17) is 0 Å². The molecule has 1 fully saturated rings. The lowest BCUT2D eigenvalue weighted by Gasteiger charge is -2.33. The fraction of sp³-hybridized carbons (Fsp3) is 1.00. The van der Waals surface area contributed by atoms with Gasteiger partial charge in [0.05, 0.1) is 0 Å². The number of rotatable bonds is 5. The monoisotopic (exact) mass is 155 g/mol. The zero-order chi connectivity index (χ0) is 8.10. The summed E-state index contributed by atoms with van der Waals surface area (Å²) in [6, 6.07) is 0.863. The molecule has 0 aromatic heterocycles. The molecule has 0 unspecified atom stereocenters. The van der Waals surface area contributed by atoms with Crippen LogP contribution in [0.15, 0.2) is 0 Å². The van der Waals surface area contributed by atoms with Crippen molar-refractivity contribution < 1.29 is 0 Å². The van der Waals surface area contributed by atoms with Gasteiger partial charge in [0.2, 0.25) is 0 Å². The van der Waals surface area contributed by atoms with Crippen LogP contribution in [0.3, 0.4) is 0 Å². The number of hydrogen-bond acceptors (Lipinski definition) is 1. The summed E-state index contributed by atoms with van der Waals surface area (Å²) in [5, 5.41) is 3.58. The normalized spacial score (nSPS) is 30.0. The second-order valence-corrected chi connectivity index (χ2v) is 3.93. The van der Waals surface area contributed by atoms with E-state index in [2.05, 4.69) is 19.2 Å². The second kappa shape index (κ2) is 4.76. The van der Waals surface area contributed by atoms with Crippen LogP contribution in [0.4, 0.5) is 0 Å². The van der Waals surface area contributed by atoms with Crippen molar-refractivity contribution in [2.45, 2.75) is 52.0 Å². The molecule has 1 N–H and O–H groups in total. The summed E-state index contributed by atoms with van der Waals surface area (Å²) < 4.78 is 0. The minimum absolute atomic E-state index is 0.863. The molecular formula is C10H21N. The Morgan fingerprint density at radius 3 is 2.55 bits per heavy atom. The Labute approximate surface area is 70.6 Å². The molecule has 0 spiro atoms. The van der Waals surface area contributed by atoms with E-state index in [1.165, 1.54) is 38.6 Å². The first kappa shape index (κ1) is 9.05. The molecule has 0 heterocycles. The molecule has 1 aliphatic carbocycles. The fourth-order valence-electron chi connectivity index (χ4n) is 1.75. The minimum atomic E-state index is 0.863. The predicted octanol–water partition coefficient (Wildman–Crippen LogP) is 2.56. The van der Waals surface area contributed by atoms with Crippen molar-refractivity contribution in [3.05, 3.63) is 0 Å². The summed E-state index contributed by atoms with van der Waals surface area (Å²) >= 11 is 0. The van der Waals surface area contributed by atoms with Gasteiger partial charge in [0, 0.05) is 6.04 Å². The van der Waals surface area contributed by atoms with Crippen LogP contribution < -0.4 is 5.32 Å². The highest BCUT2D eigenvalue weighted by molar-refractivity contribution is 4.81. The average Bonchev–Trinajstić information content (AvgIpc) is 1.94. The van der Waals surface area contributed by atoms with Gasteiger partial charge in [-0.15, -0.1) is 0 Å². The van der Waals surface area contributed by atoms with Crippen molar-refractivity contribution in [3.8, 4) is 0 Å². The summed E-state index contributed by atoms with van der Waals surface area (Å²) in [4.78, 5) is 0. The van der Waals surface area contributed by atoms with Gasteiger partial charge >= 0.3 is 0 Å². The summed E-state index contributed by atoms with van der Waals surface area (Å²) in [5.41, 5.74) is 0. The Kier molecular flexibility index (Phi) is 3.92. The number of hydrogen-bond donors (Lipinski definition) is 1. The van der Waals surface area contributed by atoms with E-state index >= 15 is 0 Å². The van der Waals surface area contributed by atoms with Crippen molar-refractivity contribution in [3.63, 3.8) is 0 Å². The zero-order valence-corrected chi connectivity index (χ0v) is 7.90. The molecule has 0 radical (unpaired) electrons. The molecule has 1 saturated carbocycles. The van der Waals surface area contributed by atoms with Crippen LogP contribution in [-0.2, 0) is 0 Å². The van der Waals surface area contributed by atoms with Gasteiger partial charge in [0.1, 0.15) is 0 Å². The third-order valence-electron chi connectivity index (χ3n) is 2.59. The zero-order valence-electron chi connectivity index (χ0n) is 7.90. The van der Waals surface area contributed by atoms with Gasteiger partial charge in [-0.1, -0.05) is 26.7 Å². The summed E-state index contributed by atoms with van der Waals surface area (Å²) in [7, 11) is 0. The lowest BCUT2D eigenvalue weighted by Crippen LogP contribution is -2.40. The first-order valence-electron chi connectivity index (χ1n) is 5.06. The van der Waals surface area contributed by atoms with Gasteiger partial charge in [0.15, 0.2) is 0 Å². The first-order valence-corrected chi connectivity index (χ1v) is 5.06. The molecule has 0 aliphatic heterocycles.